The molecule has 1 fully saturated rings. The zero-order valence-electron chi connectivity index (χ0n) is 19.8. The Balaban J connectivity index is 1.57. The molecule has 1 saturated heterocycles. The average molecular weight is 463 g/mol. The standard InChI is InChI=1S/C29H32F2N2O/c1-21(2)16-33(29(34)24-6-4-3-5-7-24)19-25-18-32(17-22-8-12-26(30)13-9-22)20-28(25)23-10-14-27(31)15-11-23/h3-15,21,25,28H,16-20H2,1-2H3/t25-,28-/m1/s1. The predicted molar refractivity (Wildman–Crippen MR) is 131 cm³/mol. The second-order valence-electron chi connectivity index (χ2n) is 9.71. The van der Waals surface area contributed by atoms with Crippen molar-refractivity contribution in [1.29, 1.82) is 0 Å². The van der Waals surface area contributed by atoms with Gasteiger partial charge in [-0.3, -0.25) is 9.69 Å². The highest BCUT2D eigenvalue weighted by atomic mass is 19.1. The van der Waals surface area contributed by atoms with Gasteiger partial charge in [0.15, 0.2) is 0 Å². The maximum absolute atomic E-state index is 13.6. The molecule has 1 aliphatic heterocycles. The molecule has 178 valence electrons. The lowest BCUT2D eigenvalue weighted by Gasteiger charge is -2.30. The van der Waals surface area contributed by atoms with E-state index in [1.54, 1.807) is 0 Å². The van der Waals surface area contributed by atoms with E-state index in [4.69, 9.17) is 0 Å². The second kappa shape index (κ2) is 10.9. The van der Waals surface area contributed by atoms with E-state index in [1.807, 2.05) is 59.5 Å². The number of nitrogens with zero attached hydrogens (tertiary/aromatic N) is 2. The molecule has 0 N–H and O–H groups in total. The molecular formula is C29H32F2N2O. The van der Waals surface area contributed by atoms with E-state index in [0.717, 1.165) is 24.2 Å². The van der Waals surface area contributed by atoms with Crippen molar-refractivity contribution in [3.8, 4) is 0 Å². The molecule has 3 aromatic rings. The number of hydrogen-bond acceptors (Lipinski definition) is 2. The summed E-state index contributed by atoms with van der Waals surface area (Å²) >= 11 is 0. The molecule has 1 aliphatic rings. The van der Waals surface area contributed by atoms with E-state index in [0.29, 0.717) is 31.1 Å². The van der Waals surface area contributed by atoms with Crippen molar-refractivity contribution in [2.45, 2.75) is 26.3 Å². The summed E-state index contributed by atoms with van der Waals surface area (Å²) < 4.78 is 27.0. The minimum Gasteiger partial charge on any atom is -0.338 e. The highest BCUT2D eigenvalue weighted by Crippen LogP contribution is 2.34. The Bertz CT molecular complexity index is 1070. The maximum atomic E-state index is 13.6. The summed E-state index contributed by atoms with van der Waals surface area (Å²) in [7, 11) is 0. The Morgan fingerprint density at radius 3 is 2.15 bits per heavy atom. The molecule has 0 spiro atoms. The number of benzene rings is 3. The molecule has 0 saturated carbocycles. The van der Waals surface area contributed by atoms with Crippen LogP contribution >= 0.6 is 0 Å². The van der Waals surface area contributed by atoms with E-state index < -0.39 is 0 Å². The monoisotopic (exact) mass is 462 g/mol. The van der Waals surface area contributed by atoms with Gasteiger partial charge in [-0.25, -0.2) is 8.78 Å². The molecule has 34 heavy (non-hydrogen) atoms. The van der Waals surface area contributed by atoms with Crippen molar-refractivity contribution in [2.75, 3.05) is 26.2 Å². The summed E-state index contributed by atoms with van der Waals surface area (Å²) in [5.41, 5.74) is 2.84. The Morgan fingerprint density at radius 2 is 1.53 bits per heavy atom. The predicted octanol–water partition coefficient (Wildman–Crippen LogP) is 5.98. The molecule has 3 nitrogen and oxygen atoms in total. The number of rotatable bonds is 8. The molecule has 0 aromatic heterocycles. The summed E-state index contributed by atoms with van der Waals surface area (Å²) in [4.78, 5) is 17.7. The zero-order valence-corrected chi connectivity index (χ0v) is 19.8. The van der Waals surface area contributed by atoms with Gasteiger partial charge in [0.1, 0.15) is 11.6 Å². The quantitative estimate of drug-likeness (QED) is 0.411. The fourth-order valence-electron chi connectivity index (χ4n) is 4.94. The van der Waals surface area contributed by atoms with E-state index in [-0.39, 0.29) is 29.4 Å². The molecule has 1 amide bonds. The third-order valence-electron chi connectivity index (χ3n) is 6.48. The van der Waals surface area contributed by atoms with E-state index in [9.17, 15) is 13.6 Å². The van der Waals surface area contributed by atoms with Crippen LogP contribution in [0.1, 0.15) is 41.3 Å². The molecule has 5 heteroatoms. The van der Waals surface area contributed by atoms with Crippen LogP contribution < -0.4 is 0 Å². The molecular weight excluding hydrogens is 430 g/mol. The Kier molecular flexibility index (Phi) is 7.73. The van der Waals surface area contributed by atoms with Gasteiger partial charge in [-0.05, 0) is 59.4 Å². The minimum atomic E-state index is -0.248. The van der Waals surface area contributed by atoms with E-state index in [2.05, 4.69) is 18.7 Å². The highest BCUT2D eigenvalue weighted by molar-refractivity contribution is 5.94. The van der Waals surface area contributed by atoms with Crippen LogP contribution in [0.2, 0.25) is 0 Å². The van der Waals surface area contributed by atoms with E-state index >= 15 is 0 Å². The van der Waals surface area contributed by atoms with Crippen LogP contribution in [0.25, 0.3) is 0 Å². The number of amides is 1. The van der Waals surface area contributed by atoms with Crippen LogP contribution in [0.3, 0.4) is 0 Å². The van der Waals surface area contributed by atoms with Crippen LogP contribution in [-0.4, -0.2) is 41.9 Å². The Labute approximate surface area is 201 Å². The lowest BCUT2D eigenvalue weighted by Crippen LogP contribution is -2.39. The summed E-state index contributed by atoms with van der Waals surface area (Å²) in [6.07, 6.45) is 0. The molecule has 0 bridgehead atoms. The third-order valence-corrected chi connectivity index (χ3v) is 6.48. The molecule has 4 rings (SSSR count). The SMILES string of the molecule is CC(C)CN(C[C@H]1CN(Cc2ccc(F)cc2)C[C@@H]1c1ccc(F)cc1)C(=O)c1ccccc1. The maximum Gasteiger partial charge on any atom is 0.253 e. The lowest BCUT2D eigenvalue weighted by atomic mass is 9.88. The Morgan fingerprint density at radius 1 is 0.912 bits per heavy atom. The molecule has 2 atom stereocenters. The lowest BCUT2D eigenvalue weighted by molar-refractivity contribution is 0.0703. The molecule has 1 heterocycles. The topological polar surface area (TPSA) is 23.6 Å². The first-order chi connectivity index (χ1) is 16.4. The first-order valence-corrected chi connectivity index (χ1v) is 12.0. The summed E-state index contributed by atoms with van der Waals surface area (Å²) in [5.74, 6) is 0.285. The van der Waals surface area contributed by atoms with Crippen molar-refractivity contribution in [2.24, 2.45) is 11.8 Å². The van der Waals surface area contributed by atoms with Gasteiger partial charge in [0.25, 0.3) is 5.91 Å². The van der Waals surface area contributed by atoms with Crippen LogP contribution in [-0.2, 0) is 6.54 Å². The fraction of sp³-hybridized carbons (Fsp3) is 0.345. The first-order valence-electron chi connectivity index (χ1n) is 12.0. The number of halogens is 2. The zero-order chi connectivity index (χ0) is 24.1. The summed E-state index contributed by atoms with van der Waals surface area (Å²) in [6.45, 7) is 7.90. The highest BCUT2D eigenvalue weighted by Gasteiger charge is 2.36. The van der Waals surface area contributed by atoms with Crippen LogP contribution in [0.5, 0.6) is 0 Å². The smallest absolute Gasteiger partial charge is 0.253 e. The van der Waals surface area contributed by atoms with Crippen LogP contribution in [0.15, 0.2) is 78.9 Å². The third kappa shape index (κ3) is 6.09. The first kappa shape index (κ1) is 24.1. The van der Waals surface area contributed by atoms with Crippen molar-refractivity contribution >= 4 is 5.91 Å². The van der Waals surface area contributed by atoms with Gasteiger partial charge >= 0.3 is 0 Å². The van der Waals surface area contributed by atoms with Gasteiger partial charge in [0.2, 0.25) is 0 Å². The van der Waals surface area contributed by atoms with Gasteiger partial charge in [-0.1, -0.05) is 56.3 Å². The van der Waals surface area contributed by atoms with Crippen LogP contribution in [0.4, 0.5) is 8.78 Å². The van der Waals surface area contributed by atoms with Crippen molar-refractivity contribution < 1.29 is 13.6 Å². The molecule has 3 aromatic carbocycles. The average Bonchev–Trinajstić information content (AvgIpc) is 3.22. The van der Waals surface area contributed by atoms with Gasteiger partial charge in [0.05, 0.1) is 0 Å². The van der Waals surface area contributed by atoms with Gasteiger partial charge in [-0.2, -0.15) is 0 Å². The summed E-state index contributed by atoms with van der Waals surface area (Å²) in [5, 5.41) is 0. The Hall–Kier alpha value is -3.05. The molecule has 0 unspecified atom stereocenters. The van der Waals surface area contributed by atoms with Crippen molar-refractivity contribution in [1.82, 2.24) is 9.80 Å². The minimum absolute atomic E-state index is 0.0455. The summed E-state index contributed by atoms with van der Waals surface area (Å²) in [6, 6.07) is 22.8. The van der Waals surface area contributed by atoms with Gasteiger partial charge in [-0.15, -0.1) is 0 Å². The normalized spacial score (nSPS) is 18.4. The molecule has 0 radical (unpaired) electrons. The van der Waals surface area contributed by atoms with Crippen LogP contribution in [0, 0.1) is 23.5 Å². The van der Waals surface area contributed by atoms with Gasteiger partial charge < -0.3 is 4.90 Å². The second-order valence-corrected chi connectivity index (χ2v) is 9.71. The van der Waals surface area contributed by atoms with Crippen molar-refractivity contribution in [3.05, 3.63) is 107 Å². The number of carbonyl (C=O) groups excluding carboxylic acids is 1. The van der Waals surface area contributed by atoms with Gasteiger partial charge in [0, 0.05) is 44.2 Å². The fourth-order valence-corrected chi connectivity index (χ4v) is 4.94. The molecule has 0 aliphatic carbocycles. The number of likely N-dealkylation sites (tertiary alicyclic amines) is 1. The number of carbonyl (C=O) groups is 1. The van der Waals surface area contributed by atoms with E-state index in [1.165, 1.54) is 24.3 Å². The largest absolute Gasteiger partial charge is 0.338 e. The number of hydrogen-bond donors (Lipinski definition) is 0. The van der Waals surface area contributed by atoms with Crippen molar-refractivity contribution in [3.63, 3.8) is 0 Å².